The minimum Gasteiger partial charge on any atom is -0.337 e. The van der Waals surface area contributed by atoms with E-state index in [1.807, 2.05) is 60.9 Å². The first-order valence-electron chi connectivity index (χ1n) is 7.83. The van der Waals surface area contributed by atoms with Gasteiger partial charge < -0.3 is 4.52 Å². The van der Waals surface area contributed by atoms with Gasteiger partial charge in [-0.1, -0.05) is 40.6 Å². The molecule has 26 heavy (non-hydrogen) atoms. The van der Waals surface area contributed by atoms with E-state index in [1.54, 1.807) is 11.8 Å². The highest BCUT2D eigenvalue weighted by molar-refractivity contribution is 7.98. The van der Waals surface area contributed by atoms with Gasteiger partial charge in [-0.3, -0.25) is 4.52 Å². The van der Waals surface area contributed by atoms with Gasteiger partial charge in [0.2, 0.25) is 11.7 Å². The molecule has 2 aromatic heterocycles. The van der Waals surface area contributed by atoms with Crippen molar-refractivity contribution < 1.29 is 9.05 Å². The van der Waals surface area contributed by atoms with Crippen molar-refractivity contribution in [3.05, 3.63) is 71.0 Å². The molecule has 0 N–H and O–H groups in total. The van der Waals surface area contributed by atoms with Crippen molar-refractivity contribution in [2.75, 3.05) is 6.26 Å². The molecule has 0 bridgehead atoms. The monoisotopic (exact) mass is 366 g/mol. The van der Waals surface area contributed by atoms with Crippen molar-refractivity contribution in [1.82, 2.24) is 19.9 Å². The highest BCUT2D eigenvalue weighted by Gasteiger charge is 2.16. The first-order chi connectivity index (χ1) is 12.7. The summed E-state index contributed by atoms with van der Waals surface area (Å²) >= 11 is 1.66. The zero-order valence-electron chi connectivity index (χ0n) is 13.8. The molecular weight excluding hydrogens is 352 g/mol. The van der Waals surface area contributed by atoms with Crippen LogP contribution < -0.4 is 5.76 Å². The first kappa shape index (κ1) is 16.3. The predicted molar refractivity (Wildman–Crippen MR) is 96.8 cm³/mol. The molecule has 2 heterocycles. The summed E-state index contributed by atoms with van der Waals surface area (Å²) in [5, 5.41) is 7.84. The number of hydrogen-bond donors (Lipinski definition) is 0. The molecule has 130 valence electrons. The Kier molecular flexibility index (Phi) is 4.40. The normalized spacial score (nSPS) is 11.0. The number of thioether (sulfide) groups is 1. The van der Waals surface area contributed by atoms with Gasteiger partial charge in [0, 0.05) is 16.0 Å². The summed E-state index contributed by atoms with van der Waals surface area (Å²) in [4.78, 5) is 17.5. The van der Waals surface area contributed by atoms with Gasteiger partial charge in [0.1, 0.15) is 6.54 Å². The molecule has 0 spiro atoms. The average molecular weight is 366 g/mol. The molecule has 7 nitrogen and oxygen atoms in total. The van der Waals surface area contributed by atoms with Crippen LogP contribution in [0.15, 0.2) is 73.3 Å². The number of aromatic nitrogens is 4. The van der Waals surface area contributed by atoms with Crippen LogP contribution in [0.3, 0.4) is 0 Å². The highest BCUT2D eigenvalue weighted by Crippen LogP contribution is 2.21. The molecule has 0 saturated heterocycles. The van der Waals surface area contributed by atoms with Crippen LogP contribution in [0.25, 0.3) is 22.8 Å². The maximum Gasteiger partial charge on any atom is 0.442 e. The Bertz CT molecular complexity index is 1070. The summed E-state index contributed by atoms with van der Waals surface area (Å²) in [6.45, 7) is 0.0858. The van der Waals surface area contributed by atoms with Crippen molar-refractivity contribution >= 4 is 11.8 Å². The molecule has 4 rings (SSSR count). The maximum absolute atomic E-state index is 12.0. The minimum absolute atomic E-state index is 0.0858. The molecule has 0 fully saturated rings. The highest BCUT2D eigenvalue weighted by atomic mass is 32.2. The smallest absolute Gasteiger partial charge is 0.337 e. The van der Waals surface area contributed by atoms with E-state index in [1.165, 1.54) is 4.57 Å². The van der Waals surface area contributed by atoms with E-state index in [0.717, 1.165) is 16.0 Å². The maximum atomic E-state index is 12.0. The van der Waals surface area contributed by atoms with Crippen molar-refractivity contribution in [1.29, 1.82) is 0 Å². The Hall–Kier alpha value is -3.13. The summed E-state index contributed by atoms with van der Waals surface area (Å²) < 4.78 is 11.5. The van der Waals surface area contributed by atoms with E-state index < -0.39 is 5.76 Å². The summed E-state index contributed by atoms with van der Waals surface area (Å²) in [5.41, 5.74) is 1.62. The Morgan fingerprint density at radius 1 is 0.962 bits per heavy atom. The zero-order valence-corrected chi connectivity index (χ0v) is 14.6. The van der Waals surface area contributed by atoms with Crippen molar-refractivity contribution in [2.24, 2.45) is 0 Å². The molecule has 0 unspecified atom stereocenters. The summed E-state index contributed by atoms with van der Waals surface area (Å²) in [5.74, 6) is 0.613. The molecule has 0 amide bonds. The molecular formula is C18H14N4O3S. The molecule has 0 aliphatic carbocycles. The molecule has 0 saturated carbocycles. The van der Waals surface area contributed by atoms with Crippen LogP contribution in [0.4, 0.5) is 0 Å². The third-order valence-corrected chi connectivity index (χ3v) is 4.57. The lowest BCUT2D eigenvalue weighted by atomic mass is 10.2. The fourth-order valence-electron chi connectivity index (χ4n) is 2.51. The fraction of sp³-hybridized carbons (Fsp3) is 0.111. The number of benzene rings is 2. The Balaban J connectivity index is 1.62. The van der Waals surface area contributed by atoms with E-state index in [2.05, 4.69) is 15.3 Å². The third kappa shape index (κ3) is 3.18. The summed E-state index contributed by atoms with van der Waals surface area (Å²) in [6.07, 6.45) is 2.02. The number of hydrogen-bond acceptors (Lipinski definition) is 7. The van der Waals surface area contributed by atoms with E-state index in [9.17, 15) is 4.79 Å². The number of rotatable bonds is 5. The van der Waals surface area contributed by atoms with Gasteiger partial charge in [-0.15, -0.1) is 11.8 Å². The second kappa shape index (κ2) is 7.01. The SMILES string of the molecule is CSc1ccc(-c2noc(Cn3c(-c4ccccc4)noc3=O)n2)cc1. The number of nitrogens with zero attached hydrogens (tertiary/aromatic N) is 4. The van der Waals surface area contributed by atoms with Crippen molar-refractivity contribution in [3.63, 3.8) is 0 Å². The van der Waals surface area contributed by atoms with E-state index >= 15 is 0 Å². The molecule has 8 heteroatoms. The van der Waals surface area contributed by atoms with Gasteiger partial charge in [0.25, 0.3) is 0 Å². The van der Waals surface area contributed by atoms with Gasteiger partial charge in [-0.2, -0.15) is 4.98 Å². The van der Waals surface area contributed by atoms with Gasteiger partial charge in [0.15, 0.2) is 5.82 Å². The van der Waals surface area contributed by atoms with Crippen molar-refractivity contribution in [2.45, 2.75) is 11.4 Å². The van der Waals surface area contributed by atoms with Gasteiger partial charge >= 0.3 is 5.76 Å². The van der Waals surface area contributed by atoms with Crippen LogP contribution in [0.1, 0.15) is 5.89 Å². The van der Waals surface area contributed by atoms with Crippen LogP contribution in [0, 0.1) is 0 Å². The molecule has 0 radical (unpaired) electrons. The Morgan fingerprint density at radius 2 is 1.73 bits per heavy atom. The van der Waals surface area contributed by atoms with Gasteiger partial charge in [-0.05, 0) is 30.5 Å². The second-order valence-electron chi connectivity index (χ2n) is 5.46. The van der Waals surface area contributed by atoms with Crippen LogP contribution >= 0.6 is 11.8 Å². The summed E-state index contributed by atoms with van der Waals surface area (Å²) in [6, 6.07) is 17.2. The lowest BCUT2D eigenvalue weighted by molar-refractivity contribution is 0.354. The van der Waals surface area contributed by atoms with Crippen LogP contribution in [0.5, 0.6) is 0 Å². The molecule has 4 aromatic rings. The standard InChI is InChI=1S/C18H14N4O3S/c1-26-14-9-7-12(8-10-14)16-19-15(24-20-16)11-22-17(21-25-18(22)23)13-5-3-2-4-6-13/h2-10H,11H2,1H3. The van der Waals surface area contributed by atoms with Crippen LogP contribution in [-0.2, 0) is 6.54 Å². The lowest BCUT2D eigenvalue weighted by Gasteiger charge is -2.00. The Morgan fingerprint density at radius 3 is 2.46 bits per heavy atom. The fourth-order valence-corrected chi connectivity index (χ4v) is 2.92. The molecule has 0 aliphatic heterocycles. The zero-order chi connectivity index (χ0) is 17.9. The van der Waals surface area contributed by atoms with Gasteiger partial charge in [-0.25, -0.2) is 9.36 Å². The molecule has 0 aliphatic rings. The topological polar surface area (TPSA) is 87.0 Å². The van der Waals surface area contributed by atoms with Crippen LogP contribution in [0.2, 0.25) is 0 Å². The predicted octanol–water partition coefficient (Wildman–Crippen LogP) is 3.32. The minimum atomic E-state index is -0.576. The van der Waals surface area contributed by atoms with E-state index in [0.29, 0.717) is 17.5 Å². The summed E-state index contributed by atoms with van der Waals surface area (Å²) in [7, 11) is 0. The third-order valence-electron chi connectivity index (χ3n) is 3.83. The Labute approximate surface area is 152 Å². The second-order valence-corrected chi connectivity index (χ2v) is 6.34. The first-order valence-corrected chi connectivity index (χ1v) is 9.06. The van der Waals surface area contributed by atoms with Crippen LogP contribution in [-0.4, -0.2) is 26.1 Å². The van der Waals surface area contributed by atoms with Gasteiger partial charge in [0.05, 0.1) is 0 Å². The quantitative estimate of drug-likeness (QED) is 0.501. The molecule has 0 atom stereocenters. The largest absolute Gasteiger partial charge is 0.442 e. The average Bonchev–Trinajstić information content (AvgIpc) is 3.30. The van der Waals surface area contributed by atoms with Crippen molar-refractivity contribution in [3.8, 4) is 22.8 Å². The van der Waals surface area contributed by atoms with E-state index in [4.69, 9.17) is 9.05 Å². The lowest BCUT2D eigenvalue weighted by Crippen LogP contribution is -2.16. The molecule has 2 aromatic carbocycles. The van der Waals surface area contributed by atoms with E-state index in [-0.39, 0.29) is 6.54 Å².